The van der Waals surface area contributed by atoms with Crippen LogP contribution in [0, 0.1) is 0 Å². The van der Waals surface area contributed by atoms with Crippen LogP contribution in [0.15, 0.2) is 170 Å². The second kappa shape index (κ2) is 13.0. The minimum atomic E-state index is 0.877. The van der Waals surface area contributed by atoms with Gasteiger partial charge in [-0.3, -0.25) is 0 Å². The summed E-state index contributed by atoms with van der Waals surface area (Å²) in [4.78, 5) is 0. The molecule has 0 N–H and O–H groups in total. The SMILES string of the molecule is C1=CC(c2c3c(c(-c4ccccc4)c4ccccc24)/C(c2ccccc2)=C/C=C\C/C=C\C=C\3c2ccccc2)=CCCC1. The van der Waals surface area contributed by atoms with Crippen molar-refractivity contribution < 1.29 is 0 Å². The Morgan fingerprint density at radius 1 is 0.409 bits per heavy atom. The zero-order chi connectivity index (χ0) is 29.6. The lowest BCUT2D eigenvalue weighted by atomic mass is 9.75. The van der Waals surface area contributed by atoms with Crippen LogP contribution in [-0.2, 0) is 0 Å². The highest BCUT2D eigenvalue weighted by molar-refractivity contribution is 6.14. The van der Waals surface area contributed by atoms with E-state index in [2.05, 4.69) is 170 Å². The lowest BCUT2D eigenvalue weighted by Gasteiger charge is -2.27. The van der Waals surface area contributed by atoms with Crippen LogP contribution in [0.3, 0.4) is 0 Å². The van der Waals surface area contributed by atoms with Gasteiger partial charge in [-0.05, 0) is 92.1 Å². The third kappa shape index (κ3) is 5.48. The highest BCUT2D eigenvalue weighted by atomic mass is 14.3. The molecule has 0 fully saturated rings. The normalized spacial score (nSPS) is 18.9. The van der Waals surface area contributed by atoms with Gasteiger partial charge in [0.2, 0.25) is 0 Å². The molecule has 0 amide bonds. The molecule has 0 radical (unpaired) electrons. The van der Waals surface area contributed by atoms with Gasteiger partial charge in [0.05, 0.1) is 0 Å². The van der Waals surface area contributed by atoms with E-state index in [0.717, 1.165) is 19.3 Å². The van der Waals surface area contributed by atoms with Crippen LogP contribution in [0.1, 0.15) is 53.5 Å². The summed E-state index contributed by atoms with van der Waals surface area (Å²) in [6, 6.07) is 41.8. The van der Waals surface area contributed by atoms with Crippen molar-refractivity contribution >= 4 is 27.5 Å². The van der Waals surface area contributed by atoms with Crippen LogP contribution in [0.2, 0.25) is 0 Å². The van der Waals surface area contributed by atoms with E-state index < -0.39 is 0 Å². The monoisotopic (exact) mass is 564 g/mol. The molecule has 0 saturated heterocycles. The van der Waals surface area contributed by atoms with Crippen molar-refractivity contribution in [3.63, 3.8) is 0 Å². The maximum atomic E-state index is 2.46. The van der Waals surface area contributed by atoms with Crippen LogP contribution in [0.25, 0.3) is 38.6 Å². The van der Waals surface area contributed by atoms with Gasteiger partial charge >= 0.3 is 0 Å². The standard InChI is InChI=1S/C44H36/c1-2-17-29-37(33-21-11-6-12-22-33)43-41(35-25-9-4-5-10-26-35)39-31-19-20-32-40(39)42(36-27-15-8-16-28-36)44(43)38(30-18-3-1)34-23-13-7-14-24-34/h2-3,6-9,11-32H,1,4-5,10H2/b17-2-,18-3-,37-29+,38-30+. The summed E-state index contributed by atoms with van der Waals surface area (Å²) in [5, 5.41) is 2.56. The molecule has 44 heavy (non-hydrogen) atoms. The second-order valence-corrected chi connectivity index (χ2v) is 11.4. The van der Waals surface area contributed by atoms with Crippen molar-refractivity contribution in [1.29, 1.82) is 0 Å². The van der Waals surface area contributed by atoms with Gasteiger partial charge in [-0.25, -0.2) is 0 Å². The summed E-state index contributed by atoms with van der Waals surface area (Å²) >= 11 is 0. The number of benzene rings is 5. The Kier molecular flexibility index (Phi) is 8.15. The smallest absolute Gasteiger partial charge is 0.000787 e. The first kappa shape index (κ1) is 27.6. The Morgan fingerprint density at radius 3 is 1.50 bits per heavy atom. The van der Waals surface area contributed by atoms with Gasteiger partial charge in [-0.15, -0.1) is 0 Å². The molecule has 0 nitrogen and oxygen atoms in total. The van der Waals surface area contributed by atoms with Crippen LogP contribution in [0.5, 0.6) is 0 Å². The van der Waals surface area contributed by atoms with Crippen LogP contribution < -0.4 is 0 Å². The number of rotatable bonds is 4. The molecule has 5 aromatic rings. The molecule has 0 bridgehead atoms. The van der Waals surface area contributed by atoms with Gasteiger partial charge in [0.1, 0.15) is 0 Å². The second-order valence-electron chi connectivity index (χ2n) is 11.4. The van der Waals surface area contributed by atoms with E-state index >= 15 is 0 Å². The zero-order valence-electron chi connectivity index (χ0n) is 25.0. The van der Waals surface area contributed by atoms with Crippen molar-refractivity contribution in [2.75, 3.05) is 0 Å². The third-order valence-corrected chi connectivity index (χ3v) is 8.58. The summed E-state index contributed by atoms with van der Waals surface area (Å²) in [5.74, 6) is 0. The Labute approximate surface area is 261 Å². The van der Waals surface area contributed by atoms with Crippen molar-refractivity contribution in [3.05, 3.63) is 198 Å². The summed E-state index contributed by atoms with van der Waals surface area (Å²) in [5.41, 5.74) is 12.5. The van der Waals surface area contributed by atoms with Gasteiger partial charge in [-0.2, -0.15) is 0 Å². The van der Waals surface area contributed by atoms with E-state index in [1.54, 1.807) is 0 Å². The summed E-state index contributed by atoms with van der Waals surface area (Å²) < 4.78 is 0. The molecule has 0 heteroatoms. The van der Waals surface area contributed by atoms with Gasteiger partial charge < -0.3 is 0 Å². The summed E-state index contributed by atoms with van der Waals surface area (Å²) in [6.45, 7) is 0. The molecule has 0 aromatic heterocycles. The molecular weight excluding hydrogens is 528 g/mol. The molecule has 0 spiro atoms. The van der Waals surface area contributed by atoms with E-state index in [1.807, 2.05) is 0 Å². The Balaban J connectivity index is 1.76. The highest BCUT2D eigenvalue weighted by Crippen LogP contribution is 2.49. The summed E-state index contributed by atoms with van der Waals surface area (Å²) in [7, 11) is 0. The van der Waals surface area contributed by atoms with Crippen LogP contribution >= 0.6 is 0 Å². The topological polar surface area (TPSA) is 0 Å². The molecule has 5 aromatic carbocycles. The average molecular weight is 565 g/mol. The fraction of sp³-hybridized carbons (Fsp3) is 0.0909. The predicted octanol–water partition coefficient (Wildman–Crippen LogP) is 12.0. The quantitative estimate of drug-likeness (QED) is 0.204. The maximum absolute atomic E-state index is 2.46. The summed E-state index contributed by atoms with van der Waals surface area (Å²) in [6.07, 6.45) is 25.1. The maximum Gasteiger partial charge on any atom is -0.000787 e. The molecule has 0 heterocycles. The first-order valence-corrected chi connectivity index (χ1v) is 15.8. The molecule has 0 atom stereocenters. The minimum absolute atomic E-state index is 0.877. The lowest BCUT2D eigenvalue weighted by Crippen LogP contribution is -2.06. The molecule has 0 unspecified atom stereocenters. The van der Waals surface area contributed by atoms with Crippen molar-refractivity contribution in [3.8, 4) is 11.1 Å². The van der Waals surface area contributed by atoms with Crippen LogP contribution in [0.4, 0.5) is 0 Å². The number of fused-ring (bicyclic) bond motifs is 2. The number of hydrogen-bond acceptors (Lipinski definition) is 0. The minimum Gasteiger partial charge on any atom is -0.0839 e. The Bertz CT molecular complexity index is 1960. The van der Waals surface area contributed by atoms with E-state index in [1.165, 1.54) is 72.9 Å². The molecule has 0 aliphatic heterocycles. The lowest BCUT2D eigenvalue weighted by molar-refractivity contribution is 0.876. The molecule has 2 aliphatic rings. The van der Waals surface area contributed by atoms with Crippen molar-refractivity contribution in [1.82, 2.24) is 0 Å². The highest BCUT2D eigenvalue weighted by Gasteiger charge is 2.27. The van der Waals surface area contributed by atoms with E-state index in [4.69, 9.17) is 0 Å². The van der Waals surface area contributed by atoms with E-state index in [0.29, 0.717) is 0 Å². The zero-order valence-corrected chi connectivity index (χ0v) is 25.0. The molecule has 7 rings (SSSR count). The molecular formula is C44H36. The fourth-order valence-electron chi connectivity index (χ4n) is 6.59. The van der Waals surface area contributed by atoms with Crippen molar-refractivity contribution in [2.45, 2.75) is 25.7 Å². The van der Waals surface area contributed by atoms with Crippen molar-refractivity contribution in [2.24, 2.45) is 0 Å². The van der Waals surface area contributed by atoms with Crippen LogP contribution in [-0.4, -0.2) is 0 Å². The number of allylic oxidation sites excluding steroid dienone is 10. The largest absolute Gasteiger partial charge is 0.0839 e. The number of hydrogen-bond donors (Lipinski definition) is 0. The Hall–Kier alpha value is -5.20. The van der Waals surface area contributed by atoms with Gasteiger partial charge in [-0.1, -0.05) is 170 Å². The van der Waals surface area contributed by atoms with E-state index in [-0.39, 0.29) is 0 Å². The fourth-order valence-corrected chi connectivity index (χ4v) is 6.59. The average Bonchev–Trinajstić information content (AvgIpc) is 3.39. The van der Waals surface area contributed by atoms with Gasteiger partial charge in [0.25, 0.3) is 0 Å². The third-order valence-electron chi connectivity index (χ3n) is 8.58. The Morgan fingerprint density at radius 2 is 0.909 bits per heavy atom. The van der Waals surface area contributed by atoms with E-state index in [9.17, 15) is 0 Å². The first-order chi connectivity index (χ1) is 21.9. The first-order valence-electron chi connectivity index (χ1n) is 15.8. The van der Waals surface area contributed by atoms with Gasteiger partial charge in [0, 0.05) is 0 Å². The molecule has 2 aliphatic carbocycles. The molecule has 212 valence electrons. The van der Waals surface area contributed by atoms with Gasteiger partial charge in [0.15, 0.2) is 0 Å². The molecule has 0 saturated carbocycles. The predicted molar refractivity (Wildman–Crippen MR) is 190 cm³/mol.